The van der Waals surface area contributed by atoms with Crippen LogP contribution in [0.3, 0.4) is 0 Å². The van der Waals surface area contributed by atoms with Gasteiger partial charge in [0.25, 0.3) is 11.5 Å². The summed E-state index contributed by atoms with van der Waals surface area (Å²) >= 11 is 1.40. The largest absolute Gasteiger partial charge is 0.386 e. The van der Waals surface area contributed by atoms with E-state index in [1.54, 1.807) is 14.0 Å². The maximum absolute atomic E-state index is 13.5. The third kappa shape index (κ3) is 3.44. The van der Waals surface area contributed by atoms with E-state index in [-0.39, 0.29) is 18.7 Å². The second-order valence-electron chi connectivity index (χ2n) is 8.03. The molecule has 0 spiro atoms. The Kier molecular flexibility index (Phi) is 5.03. The molecular weight excluding hydrogens is 406 g/mol. The Morgan fingerprint density at radius 1 is 1.37 bits per heavy atom. The highest BCUT2D eigenvalue weighted by atomic mass is 32.1. The highest BCUT2D eigenvalue weighted by Gasteiger charge is 2.38. The number of hydrogen-bond acceptors (Lipinski definition) is 7. The number of amides is 1. The normalized spacial score (nSPS) is 19.2. The summed E-state index contributed by atoms with van der Waals surface area (Å²) in [6, 6.07) is 1.97. The first kappa shape index (κ1) is 20.7. The summed E-state index contributed by atoms with van der Waals surface area (Å²) in [5, 5.41) is 20.6. The molecule has 1 amide bonds. The predicted molar refractivity (Wildman–Crippen MR) is 113 cm³/mol. The highest BCUT2D eigenvalue weighted by Crippen LogP contribution is 2.34. The van der Waals surface area contributed by atoms with Crippen molar-refractivity contribution < 1.29 is 14.7 Å². The van der Waals surface area contributed by atoms with Crippen molar-refractivity contribution in [1.82, 2.24) is 24.6 Å². The molecule has 0 aliphatic carbocycles. The molecular formula is C20H25N5O4S. The Labute approximate surface area is 177 Å². The SMILES string of the molecule is CCc1nn(C)c(=O)c2c(C(=O)N3C[C@](C)(O)CO3)c(Cn3nc(C)cc3C)sc12. The molecule has 10 heteroatoms. The van der Waals surface area contributed by atoms with Crippen molar-refractivity contribution in [2.45, 2.75) is 46.3 Å². The van der Waals surface area contributed by atoms with Gasteiger partial charge in [-0.15, -0.1) is 11.3 Å². The van der Waals surface area contributed by atoms with Crippen LogP contribution in [0.2, 0.25) is 0 Å². The van der Waals surface area contributed by atoms with E-state index < -0.39 is 11.5 Å². The molecule has 4 rings (SSSR count). The van der Waals surface area contributed by atoms with Crippen LogP contribution in [0.5, 0.6) is 0 Å². The smallest absolute Gasteiger partial charge is 0.279 e. The van der Waals surface area contributed by atoms with E-state index in [9.17, 15) is 14.7 Å². The van der Waals surface area contributed by atoms with E-state index in [0.717, 1.165) is 27.0 Å². The van der Waals surface area contributed by atoms with Crippen molar-refractivity contribution in [3.05, 3.63) is 43.9 Å². The van der Waals surface area contributed by atoms with Crippen LogP contribution in [0, 0.1) is 13.8 Å². The molecule has 1 fully saturated rings. The van der Waals surface area contributed by atoms with Crippen molar-refractivity contribution in [3.8, 4) is 0 Å². The van der Waals surface area contributed by atoms with Gasteiger partial charge in [-0.1, -0.05) is 6.92 Å². The number of aliphatic hydroxyl groups is 1. The number of aromatic nitrogens is 4. The quantitative estimate of drug-likeness (QED) is 0.673. The summed E-state index contributed by atoms with van der Waals surface area (Å²) in [4.78, 5) is 32.7. The molecule has 160 valence electrons. The average Bonchev–Trinajstić information content (AvgIpc) is 3.33. The Balaban J connectivity index is 1.92. The van der Waals surface area contributed by atoms with E-state index in [0.29, 0.717) is 28.6 Å². The molecule has 3 aromatic rings. The number of carbonyl (C=O) groups excluding carboxylic acids is 1. The lowest BCUT2D eigenvalue weighted by Gasteiger charge is -2.16. The molecule has 1 saturated heterocycles. The van der Waals surface area contributed by atoms with Crippen LogP contribution in [0.15, 0.2) is 10.9 Å². The minimum atomic E-state index is -1.13. The molecule has 0 saturated carbocycles. The summed E-state index contributed by atoms with van der Waals surface area (Å²) in [7, 11) is 1.59. The topological polar surface area (TPSA) is 102 Å². The molecule has 0 unspecified atom stereocenters. The van der Waals surface area contributed by atoms with Crippen LogP contribution < -0.4 is 5.56 Å². The zero-order valence-corrected chi connectivity index (χ0v) is 18.5. The minimum Gasteiger partial charge on any atom is -0.386 e. The maximum atomic E-state index is 13.5. The van der Waals surface area contributed by atoms with Gasteiger partial charge in [0.15, 0.2) is 0 Å². The average molecular weight is 432 g/mol. The van der Waals surface area contributed by atoms with Crippen molar-refractivity contribution in [2.75, 3.05) is 13.2 Å². The second kappa shape index (κ2) is 7.29. The van der Waals surface area contributed by atoms with E-state index in [4.69, 9.17) is 4.84 Å². The van der Waals surface area contributed by atoms with Gasteiger partial charge in [-0.2, -0.15) is 10.2 Å². The van der Waals surface area contributed by atoms with E-state index in [2.05, 4.69) is 10.2 Å². The Hall–Kier alpha value is -2.56. The number of β-amino-alcohol motifs (C(OH)–C–C–N with tert-alkyl or cyclic N) is 1. The molecule has 3 aromatic heterocycles. The van der Waals surface area contributed by atoms with Crippen LogP contribution in [0.4, 0.5) is 0 Å². The van der Waals surface area contributed by atoms with Gasteiger partial charge in [-0.05, 0) is 33.3 Å². The molecule has 1 aliphatic heterocycles. The van der Waals surface area contributed by atoms with Crippen LogP contribution in [-0.2, 0) is 24.9 Å². The zero-order chi connectivity index (χ0) is 21.8. The van der Waals surface area contributed by atoms with Gasteiger partial charge in [-0.25, -0.2) is 9.75 Å². The number of carbonyl (C=O) groups is 1. The van der Waals surface area contributed by atoms with Crippen molar-refractivity contribution in [3.63, 3.8) is 0 Å². The third-order valence-corrected chi connectivity index (χ3v) is 6.43. The Morgan fingerprint density at radius 2 is 2.10 bits per heavy atom. The second-order valence-corrected chi connectivity index (χ2v) is 9.14. The summed E-state index contributed by atoms with van der Waals surface area (Å²) < 4.78 is 3.81. The zero-order valence-electron chi connectivity index (χ0n) is 17.7. The lowest BCUT2D eigenvalue weighted by atomic mass is 10.1. The van der Waals surface area contributed by atoms with Gasteiger partial charge < -0.3 is 5.11 Å². The fourth-order valence-electron chi connectivity index (χ4n) is 3.73. The molecule has 4 heterocycles. The van der Waals surface area contributed by atoms with Crippen molar-refractivity contribution in [1.29, 1.82) is 0 Å². The summed E-state index contributed by atoms with van der Waals surface area (Å²) in [6.45, 7) is 7.86. The maximum Gasteiger partial charge on any atom is 0.279 e. The minimum absolute atomic E-state index is 0.0212. The van der Waals surface area contributed by atoms with Crippen LogP contribution in [-0.4, -0.2) is 54.4 Å². The number of aryl methyl sites for hydroxylation is 4. The lowest BCUT2D eigenvalue weighted by Crippen LogP contribution is -2.35. The molecule has 1 aliphatic rings. The number of fused-ring (bicyclic) bond motifs is 1. The molecule has 1 atom stereocenters. The Bertz CT molecular complexity index is 1210. The van der Waals surface area contributed by atoms with Crippen molar-refractivity contribution in [2.24, 2.45) is 7.05 Å². The molecule has 30 heavy (non-hydrogen) atoms. The van der Waals surface area contributed by atoms with Crippen LogP contribution in [0.25, 0.3) is 10.1 Å². The lowest BCUT2D eigenvalue weighted by molar-refractivity contribution is -0.0796. The van der Waals surface area contributed by atoms with E-state index in [1.165, 1.54) is 16.0 Å². The van der Waals surface area contributed by atoms with Crippen LogP contribution in [0.1, 0.15) is 46.2 Å². The molecule has 0 radical (unpaired) electrons. The summed E-state index contributed by atoms with van der Waals surface area (Å²) in [6.07, 6.45) is 0.632. The molecule has 0 bridgehead atoms. The van der Waals surface area contributed by atoms with Gasteiger partial charge in [-0.3, -0.25) is 19.1 Å². The van der Waals surface area contributed by atoms with Gasteiger partial charge >= 0.3 is 0 Å². The number of nitrogens with zero attached hydrogens (tertiary/aromatic N) is 5. The first-order chi connectivity index (χ1) is 14.1. The predicted octanol–water partition coefficient (Wildman–Crippen LogP) is 1.56. The number of rotatable bonds is 4. The van der Waals surface area contributed by atoms with Gasteiger partial charge in [0.1, 0.15) is 12.2 Å². The number of thiophene rings is 1. The van der Waals surface area contributed by atoms with E-state index in [1.807, 2.05) is 31.5 Å². The number of hydrogen-bond donors (Lipinski definition) is 1. The first-order valence-electron chi connectivity index (χ1n) is 9.81. The summed E-state index contributed by atoms with van der Waals surface area (Å²) in [5.74, 6) is -0.430. The molecule has 9 nitrogen and oxygen atoms in total. The Morgan fingerprint density at radius 3 is 2.67 bits per heavy atom. The molecule has 1 N–H and O–H groups in total. The molecule has 0 aromatic carbocycles. The standard InChI is InChI=1S/C20H25N5O4S/c1-6-13-17-16(18(26)23(5)22-13)15(19(27)25-9-20(4,28)10-29-25)14(30-17)8-24-12(3)7-11(2)21-24/h7,28H,6,8-10H2,1-5H3/t20-/m0/s1. The van der Waals surface area contributed by atoms with Gasteiger partial charge in [0.05, 0.1) is 40.1 Å². The number of hydroxylamine groups is 2. The monoisotopic (exact) mass is 431 g/mol. The van der Waals surface area contributed by atoms with Crippen LogP contribution >= 0.6 is 11.3 Å². The third-order valence-electron chi connectivity index (χ3n) is 5.21. The fourth-order valence-corrected chi connectivity index (χ4v) is 5.05. The van der Waals surface area contributed by atoms with Gasteiger partial charge in [0.2, 0.25) is 0 Å². The van der Waals surface area contributed by atoms with Crippen molar-refractivity contribution >= 4 is 27.3 Å². The summed E-state index contributed by atoms with van der Waals surface area (Å²) in [5.41, 5.74) is 1.46. The fraction of sp³-hybridized carbons (Fsp3) is 0.500. The van der Waals surface area contributed by atoms with Gasteiger partial charge in [0, 0.05) is 17.6 Å². The van der Waals surface area contributed by atoms with E-state index >= 15 is 0 Å². The highest BCUT2D eigenvalue weighted by molar-refractivity contribution is 7.19. The first-order valence-corrected chi connectivity index (χ1v) is 10.6.